The fraction of sp³-hybridized carbons (Fsp3) is 0.323. The van der Waals surface area contributed by atoms with Gasteiger partial charge in [0, 0.05) is 48.4 Å². The summed E-state index contributed by atoms with van der Waals surface area (Å²) in [6, 6.07) is 18.6. The van der Waals surface area contributed by atoms with E-state index in [1.54, 1.807) is 12.0 Å². The number of aromatic amines is 1. The average Bonchev–Trinajstić information content (AvgIpc) is 3.32. The van der Waals surface area contributed by atoms with Crippen LogP contribution in [0, 0.1) is 5.82 Å². The van der Waals surface area contributed by atoms with Gasteiger partial charge in [0.05, 0.1) is 13.2 Å². The van der Waals surface area contributed by atoms with Gasteiger partial charge in [0.25, 0.3) is 0 Å². The first kappa shape index (κ1) is 28.0. The summed E-state index contributed by atoms with van der Waals surface area (Å²) in [4.78, 5) is 20.9. The van der Waals surface area contributed by atoms with Crippen LogP contribution >= 0.6 is 11.6 Å². The molecule has 1 N–H and O–H groups in total. The third kappa shape index (κ3) is 6.41. The number of likely N-dealkylation sites (N-methyl/N-ethyl adjacent to an activating group) is 1. The number of hydrogen-bond donors (Lipinski definition) is 1. The van der Waals surface area contributed by atoms with Crippen LogP contribution in [0.2, 0.25) is 5.02 Å². The first-order chi connectivity index (χ1) is 19.4. The SMILES string of the molecule is COCCN(C)CCCOc1cccc(C2c3[nH]c4ccc(Cl)cc4c3CCN2C(=O)Oc2ccc(F)cc2)c1. The van der Waals surface area contributed by atoms with Gasteiger partial charge in [-0.15, -0.1) is 0 Å². The lowest BCUT2D eigenvalue weighted by atomic mass is 9.92. The van der Waals surface area contributed by atoms with Gasteiger partial charge >= 0.3 is 6.09 Å². The molecule has 1 amide bonds. The summed E-state index contributed by atoms with van der Waals surface area (Å²) in [5.74, 6) is 0.623. The molecule has 2 heterocycles. The van der Waals surface area contributed by atoms with Crippen molar-refractivity contribution in [3.05, 3.63) is 94.4 Å². The molecule has 1 aliphatic heterocycles. The fourth-order valence-electron chi connectivity index (χ4n) is 5.12. The Hall–Kier alpha value is -3.59. The van der Waals surface area contributed by atoms with Crippen LogP contribution in [-0.4, -0.2) is 67.9 Å². The molecular weight excluding hydrogens is 533 g/mol. The van der Waals surface area contributed by atoms with E-state index in [-0.39, 0.29) is 5.75 Å². The van der Waals surface area contributed by atoms with Crippen LogP contribution < -0.4 is 9.47 Å². The highest BCUT2D eigenvalue weighted by atomic mass is 35.5. The number of benzene rings is 3. The second-order valence-electron chi connectivity index (χ2n) is 9.95. The summed E-state index contributed by atoms with van der Waals surface area (Å²) in [6.45, 7) is 3.47. The molecule has 7 nitrogen and oxygen atoms in total. The summed E-state index contributed by atoms with van der Waals surface area (Å²) in [5.41, 5.74) is 3.89. The van der Waals surface area contributed by atoms with Crippen molar-refractivity contribution in [1.29, 1.82) is 0 Å². The van der Waals surface area contributed by atoms with Gasteiger partial charge in [-0.1, -0.05) is 23.7 Å². The molecule has 9 heteroatoms. The number of ether oxygens (including phenoxy) is 3. The minimum atomic E-state index is -0.510. The first-order valence-electron chi connectivity index (χ1n) is 13.4. The Labute approximate surface area is 238 Å². The fourth-order valence-corrected chi connectivity index (χ4v) is 5.30. The van der Waals surface area contributed by atoms with Gasteiger partial charge in [0.2, 0.25) is 0 Å². The number of fused-ring (bicyclic) bond motifs is 3. The van der Waals surface area contributed by atoms with Crippen molar-refractivity contribution in [2.45, 2.75) is 18.9 Å². The van der Waals surface area contributed by atoms with Crippen molar-refractivity contribution in [2.75, 3.05) is 47.0 Å². The molecule has 0 saturated heterocycles. The molecule has 0 spiro atoms. The van der Waals surface area contributed by atoms with Crippen molar-refractivity contribution >= 4 is 28.6 Å². The van der Waals surface area contributed by atoms with Crippen molar-refractivity contribution in [3.8, 4) is 11.5 Å². The van der Waals surface area contributed by atoms with Crippen LogP contribution in [0.25, 0.3) is 10.9 Å². The monoisotopic (exact) mass is 565 g/mol. The number of halogens is 2. The van der Waals surface area contributed by atoms with Gasteiger partial charge in [-0.25, -0.2) is 9.18 Å². The summed E-state index contributed by atoms with van der Waals surface area (Å²) in [5, 5.41) is 1.70. The average molecular weight is 566 g/mol. The van der Waals surface area contributed by atoms with Crippen LogP contribution in [0.1, 0.15) is 29.3 Å². The second-order valence-corrected chi connectivity index (χ2v) is 10.4. The van der Waals surface area contributed by atoms with E-state index in [0.29, 0.717) is 31.2 Å². The second kappa shape index (κ2) is 12.7. The minimum absolute atomic E-state index is 0.284. The van der Waals surface area contributed by atoms with E-state index in [2.05, 4.69) is 16.9 Å². The van der Waals surface area contributed by atoms with Gasteiger partial charge in [-0.3, -0.25) is 4.90 Å². The number of hydrogen-bond acceptors (Lipinski definition) is 5. The van der Waals surface area contributed by atoms with E-state index < -0.39 is 18.0 Å². The van der Waals surface area contributed by atoms with Gasteiger partial charge in [0.1, 0.15) is 23.4 Å². The van der Waals surface area contributed by atoms with Crippen LogP contribution in [-0.2, 0) is 11.2 Å². The van der Waals surface area contributed by atoms with Crippen molar-refractivity contribution < 1.29 is 23.4 Å². The number of aromatic nitrogens is 1. The quantitative estimate of drug-likeness (QED) is 0.224. The van der Waals surface area contributed by atoms with Gasteiger partial charge in [-0.05, 0) is 85.6 Å². The van der Waals surface area contributed by atoms with Crippen molar-refractivity contribution in [1.82, 2.24) is 14.8 Å². The van der Waals surface area contributed by atoms with E-state index in [1.165, 1.54) is 24.3 Å². The van der Waals surface area contributed by atoms with Gasteiger partial charge < -0.3 is 24.1 Å². The molecule has 0 saturated carbocycles. The van der Waals surface area contributed by atoms with Crippen molar-refractivity contribution in [2.24, 2.45) is 0 Å². The van der Waals surface area contributed by atoms with E-state index in [4.69, 9.17) is 25.8 Å². The highest BCUT2D eigenvalue weighted by Gasteiger charge is 2.36. The predicted octanol–water partition coefficient (Wildman–Crippen LogP) is 6.45. The number of rotatable bonds is 10. The van der Waals surface area contributed by atoms with Crippen LogP contribution in [0.15, 0.2) is 66.7 Å². The zero-order valence-corrected chi connectivity index (χ0v) is 23.4. The Morgan fingerprint density at radius 1 is 1.07 bits per heavy atom. The minimum Gasteiger partial charge on any atom is -0.494 e. The lowest BCUT2D eigenvalue weighted by Crippen LogP contribution is -2.42. The predicted molar refractivity (Wildman–Crippen MR) is 154 cm³/mol. The number of nitrogens with one attached hydrogen (secondary N) is 1. The van der Waals surface area contributed by atoms with E-state index >= 15 is 0 Å². The molecular formula is C31H33ClFN3O4. The largest absolute Gasteiger partial charge is 0.494 e. The molecule has 1 aliphatic rings. The smallest absolute Gasteiger partial charge is 0.416 e. The highest BCUT2D eigenvalue weighted by Crippen LogP contribution is 2.40. The normalized spacial score (nSPS) is 14.9. The molecule has 0 fully saturated rings. The molecule has 1 aromatic heterocycles. The summed E-state index contributed by atoms with van der Waals surface area (Å²) in [7, 11) is 3.77. The molecule has 1 unspecified atom stereocenters. The maximum atomic E-state index is 13.5. The molecule has 1 atom stereocenters. The number of amides is 1. The summed E-state index contributed by atoms with van der Waals surface area (Å²) < 4.78 is 30.3. The number of carbonyl (C=O) groups excluding carboxylic acids is 1. The Bertz CT molecular complexity index is 1460. The molecule has 0 aliphatic carbocycles. The van der Waals surface area contributed by atoms with Crippen LogP contribution in [0.5, 0.6) is 11.5 Å². The number of methoxy groups -OCH3 is 1. The van der Waals surface area contributed by atoms with E-state index in [0.717, 1.165) is 53.0 Å². The van der Waals surface area contributed by atoms with Crippen molar-refractivity contribution in [3.63, 3.8) is 0 Å². The third-order valence-corrected chi connectivity index (χ3v) is 7.38. The zero-order valence-electron chi connectivity index (χ0n) is 22.7. The summed E-state index contributed by atoms with van der Waals surface area (Å²) >= 11 is 6.33. The Morgan fingerprint density at radius 3 is 2.70 bits per heavy atom. The molecule has 0 radical (unpaired) electrons. The topological polar surface area (TPSA) is 67.0 Å². The maximum Gasteiger partial charge on any atom is 0.416 e. The molecule has 0 bridgehead atoms. The van der Waals surface area contributed by atoms with Gasteiger partial charge in [0.15, 0.2) is 0 Å². The standard InChI is InChI=1S/C31H33ClFN3O4/c1-35(16-18-38-2)14-4-17-39-25-6-3-5-21(19-25)30-29-26(27-20-22(32)7-12-28(27)34-29)13-15-36(30)31(37)40-24-10-8-23(33)9-11-24/h3,5-12,19-20,30,34H,4,13-18H2,1-2H3. The van der Waals surface area contributed by atoms with E-state index in [9.17, 15) is 9.18 Å². The molecule has 210 valence electrons. The van der Waals surface area contributed by atoms with Crippen LogP contribution in [0.4, 0.5) is 9.18 Å². The maximum absolute atomic E-state index is 13.5. The molecule has 40 heavy (non-hydrogen) atoms. The zero-order chi connectivity index (χ0) is 28.1. The van der Waals surface area contributed by atoms with Crippen LogP contribution in [0.3, 0.4) is 0 Å². The Kier molecular flexibility index (Phi) is 8.89. The molecule has 4 aromatic rings. The molecule has 3 aromatic carbocycles. The van der Waals surface area contributed by atoms with E-state index in [1.807, 2.05) is 42.5 Å². The Morgan fingerprint density at radius 2 is 1.90 bits per heavy atom. The number of nitrogens with zero attached hydrogens (tertiary/aromatic N) is 2. The molecule has 5 rings (SSSR count). The van der Waals surface area contributed by atoms with Gasteiger partial charge in [-0.2, -0.15) is 0 Å². The Balaban J connectivity index is 1.41. The highest BCUT2D eigenvalue weighted by molar-refractivity contribution is 6.31. The first-order valence-corrected chi connectivity index (χ1v) is 13.7. The lowest BCUT2D eigenvalue weighted by Gasteiger charge is -2.35. The summed E-state index contributed by atoms with van der Waals surface area (Å²) in [6.07, 6.45) is 0.998. The lowest BCUT2D eigenvalue weighted by molar-refractivity contribution is 0.135. The number of carbonyl (C=O) groups is 1. The number of H-pyrrole nitrogens is 1. The third-order valence-electron chi connectivity index (χ3n) is 7.15.